The minimum atomic E-state index is -0.523. The van der Waals surface area contributed by atoms with Crippen LogP contribution in [0.25, 0.3) is 5.70 Å². The molecule has 122 valence electrons. The first-order chi connectivity index (χ1) is 11.6. The summed E-state index contributed by atoms with van der Waals surface area (Å²) < 4.78 is 0. The number of hydrogen-bond donors (Lipinski definition) is 1. The van der Waals surface area contributed by atoms with Crippen molar-refractivity contribution in [3.8, 4) is 0 Å². The Balaban J connectivity index is 2.03. The van der Waals surface area contributed by atoms with Gasteiger partial charge in [0, 0.05) is 11.8 Å². The summed E-state index contributed by atoms with van der Waals surface area (Å²) >= 11 is 0. The molecule has 0 unspecified atom stereocenters. The largest absolute Gasteiger partial charge is 0.322 e. The van der Waals surface area contributed by atoms with Crippen LogP contribution in [0.2, 0.25) is 0 Å². The number of carbonyl (C=O) groups excluding carboxylic acids is 2. The molecule has 3 rings (SSSR count). The molecule has 1 N–H and O–H groups in total. The van der Waals surface area contributed by atoms with Gasteiger partial charge in [0.1, 0.15) is 6.04 Å². The predicted molar refractivity (Wildman–Crippen MR) is 93.8 cm³/mol. The monoisotopic (exact) mass is 320 g/mol. The molecule has 0 saturated heterocycles. The van der Waals surface area contributed by atoms with Gasteiger partial charge in [-0.15, -0.1) is 0 Å². The van der Waals surface area contributed by atoms with Gasteiger partial charge in [-0.25, -0.2) is 0 Å². The molecule has 0 fully saturated rings. The first-order valence-corrected chi connectivity index (χ1v) is 8.04. The minimum Gasteiger partial charge on any atom is -0.322 e. The normalized spacial score (nSPS) is 17.5. The SMILES string of the molecule is CC(C)[C@@H]1C(=O)NC(c2ccccc2)=CN1C(=O)c1ccccc1. The van der Waals surface area contributed by atoms with Gasteiger partial charge in [0.15, 0.2) is 0 Å². The summed E-state index contributed by atoms with van der Waals surface area (Å²) in [4.78, 5) is 27.1. The van der Waals surface area contributed by atoms with Crippen LogP contribution in [0.4, 0.5) is 0 Å². The van der Waals surface area contributed by atoms with Crippen molar-refractivity contribution >= 4 is 17.5 Å². The highest BCUT2D eigenvalue weighted by Gasteiger charge is 2.36. The van der Waals surface area contributed by atoms with Crippen molar-refractivity contribution in [3.63, 3.8) is 0 Å². The van der Waals surface area contributed by atoms with E-state index in [1.807, 2.05) is 62.4 Å². The first kappa shape index (κ1) is 16.0. The Morgan fingerprint density at radius 3 is 2.17 bits per heavy atom. The second-order valence-electron chi connectivity index (χ2n) is 6.17. The number of amides is 2. The van der Waals surface area contributed by atoms with Crippen LogP contribution in [-0.4, -0.2) is 22.8 Å². The Bertz CT molecular complexity index is 767. The zero-order valence-corrected chi connectivity index (χ0v) is 13.8. The van der Waals surface area contributed by atoms with E-state index in [9.17, 15) is 9.59 Å². The summed E-state index contributed by atoms with van der Waals surface area (Å²) in [6.07, 6.45) is 1.75. The Morgan fingerprint density at radius 2 is 1.58 bits per heavy atom. The summed E-state index contributed by atoms with van der Waals surface area (Å²) in [5.41, 5.74) is 2.09. The van der Waals surface area contributed by atoms with Gasteiger partial charge in [-0.2, -0.15) is 0 Å². The van der Waals surface area contributed by atoms with E-state index in [4.69, 9.17) is 0 Å². The van der Waals surface area contributed by atoms with E-state index < -0.39 is 6.04 Å². The number of hydrogen-bond acceptors (Lipinski definition) is 2. The van der Waals surface area contributed by atoms with E-state index in [1.165, 1.54) is 0 Å². The van der Waals surface area contributed by atoms with Crippen LogP contribution in [0.15, 0.2) is 66.9 Å². The molecule has 2 aromatic rings. The summed E-state index contributed by atoms with van der Waals surface area (Å²) in [6.45, 7) is 3.88. The molecule has 0 aliphatic carbocycles. The van der Waals surface area contributed by atoms with Gasteiger partial charge in [0.25, 0.3) is 5.91 Å². The average molecular weight is 320 g/mol. The molecule has 1 aliphatic heterocycles. The molecule has 4 nitrogen and oxygen atoms in total. The van der Waals surface area contributed by atoms with Crippen LogP contribution < -0.4 is 5.32 Å². The van der Waals surface area contributed by atoms with Crippen LogP contribution in [0.5, 0.6) is 0 Å². The highest BCUT2D eigenvalue weighted by Crippen LogP contribution is 2.24. The van der Waals surface area contributed by atoms with E-state index in [1.54, 1.807) is 23.2 Å². The zero-order chi connectivity index (χ0) is 17.1. The van der Waals surface area contributed by atoms with Gasteiger partial charge in [-0.05, 0) is 23.6 Å². The van der Waals surface area contributed by atoms with Crippen LogP contribution in [0.3, 0.4) is 0 Å². The number of nitrogens with zero attached hydrogens (tertiary/aromatic N) is 1. The van der Waals surface area contributed by atoms with Crippen molar-refractivity contribution in [2.24, 2.45) is 5.92 Å². The molecular formula is C20H20N2O2. The lowest BCUT2D eigenvalue weighted by Gasteiger charge is -2.35. The van der Waals surface area contributed by atoms with Gasteiger partial charge in [0.05, 0.1) is 5.70 Å². The molecule has 0 radical (unpaired) electrons. The molecule has 1 heterocycles. The molecular weight excluding hydrogens is 300 g/mol. The van der Waals surface area contributed by atoms with Crippen molar-refractivity contribution in [3.05, 3.63) is 78.0 Å². The third-order valence-corrected chi connectivity index (χ3v) is 4.07. The maximum atomic E-state index is 12.9. The fourth-order valence-electron chi connectivity index (χ4n) is 2.89. The Morgan fingerprint density at radius 1 is 1.00 bits per heavy atom. The second-order valence-corrected chi connectivity index (χ2v) is 6.17. The molecule has 4 heteroatoms. The molecule has 0 spiro atoms. The molecule has 1 aliphatic rings. The van der Waals surface area contributed by atoms with E-state index in [0.29, 0.717) is 11.3 Å². The van der Waals surface area contributed by atoms with Gasteiger partial charge >= 0.3 is 0 Å². The predicted octanol–water partition coefficient (Wildman–Crippen LogP) is 3.28. The number of benzene rings is 2. The Hall–Kier alpha value is -2.88. The number of nitrogens with one attached hydrogen (secondary N) is 1. The third-order valence-electron chi connectivity index (χ3n) is 4.07. The van der Waals surface area contributed by atoms with Crippen molar-refractivity contribution < 1.29 is 9.59 Å². The molecule has 2 amide bonds. The van der Waals surface area contributed by atoms with Crippen molar-refractivity contribution in [1.29, 1.82) is 0 Å². The van der Waals surface area contributed by atoms with E-state index in [2.05, 4.69) is 5.32 Å². The van der Waals surface area contributed by atoms with Gasteiger partial charge in [0.2, 0.25) is 5.91 Å². The van der Waals surface area contributed by atoms with Crippen molar-refractivity contribution in [2.75, 3.05) is 0 Å². The van der Waals surface area contributed by atoms with Gasteiger partial charge in [-0.3, -0.25) is 9.59 Å². The summed E-state index contributed by atoms with van der Waals surface area (Å²) in [5.74, 6) is -0.320. The zero-order valence-electron chi connectivity index (χ0n) is 13.8. The standard InChI is InChI=1S/C20H20N2O2/c1-14(2)18-19(23)21-17(15-9-5-3-6-10-15)13-22(18)20(24)16-11-7-4-8-12-16/h3-14,18H,1-2H3,(H,21,23)/t18-/m1/s1. The molecule has 0 saturated carbocycles. The van der Waals surface area contributed by atoms with E-state index in [0.717, 1.165) is 5.56 Å². The molecule has 0 aromatic heterocycles. The molecule has 1 atom stereocenters. The first-order valence-electron chi connectivity index (χ1n) is 8.04. The molecule has 0 bridgehead atoms. The molecule has 24 heavy (non-hydrogen) atoms. The van der Waals surface area contributed by atoms with Gasteiger partial charge in [-0.1, -0.05) is 62.4 Å². The quantitative estimate of drug-likeness (QED) is 0.943. The smallest absolute Gasteiger partial charge is 0.258 e. The second kappa shape index (κ2) is 6.71. The minimum absolute atomic E-state index is 0.00577. The number of rotatable bonds is 3. The summed E-state index contributed by atoms with van der Waals surface area (Å²) in [5, 5.41) is 2.93. The lowest BCUT2D eigenvalue weighted by atomic mass is 9.98. The third kappa shape index (κ3) is 3.08. The average Bonchev–Trinajstić information content (AvgIpc) is 2.61. The van der Waals surface area contributed by atoms with Gasteiger partial charge < -0.3 is 10.2 Å². The Labute approximate surface area is 141 Å². The summed E-state index contributed by atoms with van der Waals surface area (Å²) in [6, 6.07) is 18.1. The van der Waals surface area contributed by atoms with Crippen LogP contribution in [0.1, 0.15) is 29.8 Å². The fourth-order valence-corrected chi connectivity index (χ4v) is 2.89. The maximum absolute atomic E-state index is 12.9. The Kier molecular flexibility index (Phi) is 4.47. The lowest BCUT2D eigenvalue weighted by molar-refractivity contribution is -0.125. The highest BCUT2D eigenvalue weighted by atomic mass is 16.2. The maximum Gasteiger partial charge on any atom is 0.258 e. The lowest BCUT2D eigenvalue weighted by Crippen LogP contribution is -2.53. The van der Waals surface area contributed by atoms with E-state index in [-0.39, 0.29) is 17.7 Å². The highest BCUT2D eigenvalue weighted by molar-refractivity contribution is 6.02. The van der Waals surface area contributed by atoms with Crippen LogP contribution in [0, 0.1) is 5.92 Å². The van der Waals surface area contributed by atoms with Crippen molar-refractivity contribution in [2.45, 2.75) is 19.9 Å². The summed E-state index contributed by atoms with van der Waals surface area (Å²) in [7, 11) is 0. The molecule has 2 aromatic carbocycles. The van der Waals surface area contributed by atoms with Crippen LogP contribution in [-0.2, 0) is 4.79 Å². The fraction of sp³-hybridized carbons (Fsp3) is 0.200. The van der Waals surface area contributed by atoms with Crippen molar-refractivity contribution in [1.82, 2.24) is 10.2 Å². The van der Waals surface area contributed by atoms with E-state index >= 15 is 0 Å². The van der Waals surface area contributed by atoms with Crippen LogP contribution >= 0.6 is 0 Å². The number of carbonyl (C=O) groups is 2. The topological polar surface area (TPSA) is 49.4 Å².